The Balaban J connectivity index is 1.18. The van der Waals surface area contributed by atoms with Gasteiger partial charge in [0.2, 0.25) is 0 Å². The number of carbonyl (C=O) groups is 2. The monoisotopic (exact) mass is 548 g/mol. The van der Waals surface area contributed by atoms with Gasteiger partial charge < -0.3 is 39.1 Å². The summed E-state index contributed by atoms with van der Waals surface area (Å²) >= 11 is 0. The van der Waals surface area contributed by atoms with Gasteiger partial charge in [0.1, 0.15) is 31.2 Å². The van der Waals surface area contributed by atoms with Gasteiger partial charge in [0.25, 0.3) is 0 Å². The van der Waals surface area contributed by atoms with Crippen LogP contribution in [0.4, 0.5) is 0 Å². The Morgan fingerprint density at radius 2 is 1.85 bits per heavy atom. The van der Waals surface area contributed by atoms with E-state index in [1.165, 1.54) is 13.4 Å². The molecule has 0 radical (unpaired) electrons. The van der Waals surface area contributed by atoms with E-state index in [1.807, 2.05) is 0 Å². The maximum absolute atomic E-state index is 13.0. The summed E-state index contributed by atoms with van der Waals surface area (Å²) in [5.74, 6) is 0.152. The molecule has 0 amide bonds. The number of rotatable bonds is 5. The summed E-state index contributed by atoms with van der Waals surface area (Å²) in [6.45, 7) is 4.25. The number of cyclic esters (lactones) is 1. The molecule has 2 aliphatic heterocycles. The highest BCUT2D eigenvalue weighted by atomic mass is 16.7. The number of methoxy groups -OCH3 is 1. The molecule has 2 heterocycles. The first-order valence-corrected chi connectivity index (χ1v) is 14.8. The summed E-state index contributed by atoms with van der Waals surface area (Å²) in [6, 6.07) is 0. The van der Waals surface area contributed by atoms with Crippen LogP contribution in [0.15, 0.2) is 11.6 Å². The molecule has 0 aromatic rings. The lowest BCUT2D eigenvalue weighted by molar-refractivity contribution is -0.312. The SMILES string of the molecule is CO[C@H]1[C@H](O)[C@@H](O[C@H]2CC[C@@]3(C=O)[C@H](CC[C@@H]4[C@@H]3CC[C@]3(C)[C@@H](C5=CC(=O)OC5)CC[C@]43O)C2)O[C@@H](C)[C@@H]1O. The normalized spacial score (nSPS) is 53.3. The van der Waals surface area contributed by atoms with Crippen LogP contribution in [0.2, 0.25) is 0 Å². The minimum atomic E-state index is -1.11. The second kappa shape index (κ2) is 9.88. The predicted molar refractivity (Wildman–Crippen MR) is 138 cm³/mol. The van der Waals surface area contributed by atoms with Crippen LogP contribution in [0.5, 0.6) is 0 Å². The molecule has 0 bridgehead atoms. The van der Waals surface area contributed by atoms with E-state index in [2.05, 4.69) is 6.92 Å². The van der Waals surface area contributed by atoms with E-state index < -0.39 is 41.7 Å². The molecule has 218 valence electrons. The molecule has 0 aromatic carbocycles. The Morgan fingerprint density at radius 1 is 1.05 bits per heavy atom. The van der Waals surface area contributed by atoms with Gasteiger partial charge in [-0.2, -0.15) is 0 Å². The number of esters is 1. The van der Waals surface area contributed by atoms with Crippen molar-refractivity contribution in [2.75, 3.05) is 13.7 Å². The van der Waals surface area contributed by atoms with Crippen molar-refractivity contribution in [3.8, 4) is 0 Å². The molecular weight excluding hydrogens is 504 g/mol. The number of ether oxygens (including phenoxy) is 4. The Morgan fingerprint density at radius 3 is 2.54 bits per heavy atom. The minimum Gasteiger partial charge on any atom is -0.458 e. The van der Waals surface area contributed by atoms with Gasteiger partial charge in [-0.05, 0) is 94.0 Å². The van der Waals surface area contributed by atoms with E-state index >= 15 is 0 Å². The number of aliphatic hydroxyl groups excluding tert-OH is 2. The smallest absolute Gasteiger partial charge is 0.331 e. The topological polar surface area (TPSA) is 132 Å². The third kappa shape index (κ3) is 4.02. The molecule has 0 spiro atoms. The van der Waals surface area contributed by atoms with E-state index in [-0.39, 0.29) is 41.2 Å². The Kier molecular flexibility index (Phi) is 7.04. The minimum absolute atomic E-state index is 0.0482. The molecule has 4 aliphatic carbocycles. The molecule has 9 heteroatoms. The van der Waals surface area contributed by atoms with Gasteiger partial charge in [-0.3, -0.25) is 0 Å². The van der Waals surface area contributed by atoms with E-state index in [4.69, 9.17) is 18.9 Å². The number of hydrogen-bond donors (Lipinski definition) is 3. The van der Waals surface area contributed by atoms with E-state index in [0.717, 1.165) is 37.7 Å². The molecule has 9 nitrogen and oxygen atoms in total. The maximum atomic E-state index is 13.0. The summed E-state index contributed by atoms with van der Waals surface area (Å²) in [4.78, 5) is 24.8. The van der Waals surface area contributed by atoms with Crippen LogP contribution >= 0.6 is 0 Å². The van der Waals surface area contributed by atoms with Crippen molar-refractivity contribution < 1.29 is 43.9 Å². The van der Waals surface area contributed by atoms with Crippen LogP contribution in [0.25, 0.3) is 0 Å². The Labute approximate surface area is 230 Å². The fourth-order valence-corrected chi connectivity index (χ4v) is 10.00. The first kappa shape index (κ1) is 27.8. The van der Waals surface area contributed by atoms with Crippen molar-refractivity contribution in [1.29, 1.82) is 0 Å². The second-order valence-corrected chi connectivity index (χ2v) is 13.4. The van der Waals surface area contributed by atoms with Gasteiger partial charge in [-0.15, -0.1) is 0 Å². The summed E-state index contributed by atoms with van der Waals surface area (Å²) in [5, 5.41) is 33.4. The van der Waals surface area contributed by atoms with Crippen molar-refractivity contribution in [3.63, 3.8) is 0 Å². The average molecular weight is 549 g/mol. The number of hydrogen-bond acceptors (Lipinski definition) is 9. The molecule has 3 N–H and O–H groups in total. The van der Waals surface area contributed by atoms with Crippen molar-refractivity contribution in [2.24, 2.45) is 34.5 Å². The molecule has 6 aliphatic rings. The zero-order valence-electron chi connectivity index (χ0n) is 23.3. The van der Waals surface area contributed by atoms with Gasteiger partial charge in [0.05, 0.1) is 17.8 Å². The summed E-state index contributed by atoms with van der Waals surface area (Å²) in [5.41, 5.74) is -0.682. The van der Waals surface area contributed by atoms with E-state index in [9.17, 15) is 24.9 Å². The molecule has 6 rings (SSSR count). The molecular formula is C30H44O9. The molecule has 4 saturated carbocycles. The predicted octanol–water partition coefficient (Wildman–Crippen LogP) is 2.29. The van der Waals surface area contributed by atoms with Gasteiger partial charge in [-0.1, -0.05) is 6.92 Å². The Bertz CT molecular complexity index is 1010. The number of carbonyl (C=O) groups excluding carboxylic acids is 2. The molecule has 13 atom stereocenters. The quantitative estimate of drug-likeness (QED) is 0.269. The highest BCUT2D eigenvalue weighted by Crippen LogP contribution is 2.69. The number of aliphatic hydroxyl groups is 3. The third-order valence-corrected chi connectivity index (χ3v) is 12.1. The van der Waals surface area contributed by atoms with Crippen molar-refractivity contribution in [3.05, 3.63) is 11.6 Å². The third-order valence-electron chi connectivity index (χ3n) is 12.1. The lowest BCUT2D eigenvalue weighted by Crippen LogP contribution is -2.63. The van der Waals surface area contributed by atoms with Crippen LogP contribution in [-0.2, 0) is 28.5 Å². The van der Waals surface area contributed by atoms with Crippen molar-refractivity contribution in [2.45, 2.75) is 114 Å². The van der Waals surface area contributed by atoms with Crippen LogP contribution in [-0.4, -0.2) is 83.7 Å². The van der Waals surface area contributed by atoms with Gasteiger partial charge >= 0.3 is 5.97 Å². The fraction of sp³-hybridized carbons (Fsp3) is 0.867. The highest BCUT2D eigenvalue weighted by molar-refractivity contribution is 5.85. The zero-order valence-corrected chi connectivity index (χ0v) is 23.3. The van der Waals surface area contributed by atoms with Crippen molar-refractivity contribution in [1.82, 2.24) is 0 Å². The maximum Gasteiger partial charge on any atom is 0.331 e. The Hall–Kier alpha value is -1.36. The van der Waals surface area contributed by atoms with Crippen LogP contribution < -0.4 is 0 Å². The summed E-state index contributed by atoms with van der Waals surface area (Å²) in [7, 11) is 1.46. The first-order valence-electron chi connectivity index (χ1n) is 14.8. The molecule has 1 saturated heterocycles. The molecule has 5 fully saturated rings. The number of aldehydes is 1. The van der Waals surface area contributed by atoms with Crippen LogP contribution in [0, 0.1) is 34.5 Å². The molecule has 0 aromatic heterocycles. The fourth-order valence-electron chi connectivity index (χ4n) is 10.00. The molecule has 0 unspecified atom stereocenters. The summed E-state index contributed by atoms with van der Waals surface area (Å²) in [6.07, 6.45) is 5.39. The summed E-state index contributed by atoms with van der Waals surface area (Å²) < 4.78 is 22.6. The van der Waals surface area contributed by atoms with Gasteiger partial charge in [0.15, 0.2) is 6.29 Å². The van der Waals surface area contributed by atoms with Gasteiger partial charge in [0, 0.05) is 24.0 Å². The van der Waals surface area contributed by atoms with E-state index in [1.54, 1.807) is 13.0 Å². The van der Waals surface area contributed by atoms with Gasteiger partial charge in [-0.25, -0.2) is 4.79 Å². The van der Waals surface area contributed by atoms with E-state index in [0.29, 0.717) is 32.3 Å². The molecule has 39 heavy (non-hydrogen) atoms. The van der Waals surface area contributed by atoms with Crippen LogP contribution in [0.3, 0.4) is 0 Å². The average Bonchev–Trinajstić information content (AvgIpc) is 3.47. The zero-order chi connectivity index (χ0) is 27.7. The standard InChI is InChI=1S/C30H44O9/c1-16-24(33)26(36-3)25(34)27(38-16)39-19-6-10-29(15-31)18(13-19)4-5-22-21(29)7-9-28(2)20(8-11-30(22,28)35)17-12-23(32)37-14-17/h12,15-16,18-22,24-27,33-35H,4-11,13-14H2,1-3H3/t16-,18+,19-,20+,21-,22+,24-,25-,26+,27+,28+,29+,30-/m0/s1. The largest absolute Gasteiger partial charge is 0.458 e. The second-order valence-electron chi connectivity index (χ2n) is 13.4. The van der Waals surface area contributed by atoms with Crippen LogP contribution in [0.1, 0.15) is 71.6 Å². The highest BCUT2D eigenvalue weighted by Gasteiger charge is 2.68. The number of fused-ring (bicyclic) bond motifs is 5. The lowest BCUT2D eigenvalue weighted by Gasteiger charge is -2.63. The first-order chi connectivity index (χ1) is 18.6. The lowest BCUT2D eigenvalue weighted by atomic mass is 9.43. The van der Waals surface area contributed by atoms with Crippen molar-refractivity contribution >= 4 is 12.3 Å².